The van der Waals surface area contributed by atoms with E-state index in [9.17, 15) is 4.79 Å². The molecule has 0 aromatic heterocycles. The number of piperidine rings is 1. The molecule has 1 rings (SSSR count). The van der Waals surface area contributed by atoms with Crippen molar-refractivity contribution in [1.82, 2.24) is 20.4 Å². The molecule has 0 radical (unpaired) electrons. The van der Waals surface area contributed by atoms with Crippen LogP contribution >= 0.6 is 24.0 Å². The second kappa shape index (κ2) is 15.3. The number of nitrogens with one attached hydrogen (secondary N) is 2. The maximum absolute atomic E-state index is 11.9. The Morgan fingerprint density at radius 2 is 1.89 bits per heavy atom. The van der Waals surface area contributed by atoms with Crippen molar-refractivity contribution in [3.8, 4) is 0 Å². The first-order valence-electron chi connectivity index (χ1n) is 10.5. The number of hydrogen-bond acceptors (Lipinski definition) is 4. The fourth-order valence-corrected chi connectivity index (χ4v) is 3.21. The number of guanidine groups is 1. The summed E-state index contributed by atoms with van der Waals surface area (Å²) >= 11 is 0. The number of halogens is 1. The molecule has 1 fully saturated rings. The van der Waals surface area contributed by atoms with Gasteiger partial charge in [0.05, 0.1) is 12.6 Å². The van der Waals surface area contributed by atoms with Gasteiger partial charge in [0.1, 0.15) is 0 Å². The number of amides is 1. The fourth-order valence-electron chi connectivity index (χ4n) is 3.21. The molecular formula is C20H42IN5O2. The van der Waals surface area contributed by atoms with E-state index < -0.39 is 0 Å². The van der Waals surface area contributed by atoms with Crippen molar-refractivity contribution >= 4 is 35.8 Å². The van der Waals surface area contributed by atoms with Gasteiger partial charge in [-0.2, -0.15) is 0 Å². The molecule has 1 aliphatic rings. The van der Waals surface area contributed by atoms with Gasteiger partial charge in [-0.1, -0.05) is 13.8 Å². The minimum Gasteiger partial charge on any atom is -0.378 e. The van der Waals surface area contributed by atoms with Gasteiger partial charge in [0.15, 0.2) is 5.96 Å². The van der Waals surface area contributed by atoms with Gasteiger partial charge in [0.2, 0.25) is 5.91 Å². The normalized spacial score (nSPS) is 17.2. The van der Waals surface area contributed by atoms with Gasteiger partial charge in [-0.15, -0.1) is 24.0 Å². The number of likely N-dealkylation sites (tertiary alicyclic amines) is 1. The molecule has 1 saturated heterocycles. The van der Waals surface area contributed by atoms with Crippen molar-refractivity contribution in [3.63, 3.8) is 0 Å². The molecule has 1 heterocycles. The Labute approximate surface area is 189 Å². The number of rotatable bonds is 10. The second-order valence-corrected chi connectivity index (χ2v) is 7.77. The third-order valence-corrected chi connectivity index (χ3v) is 4.94. The fraction of sp³-hybridized carbons (Fsp3) is 0.900. The summed E-state index contributed by atoms with van der Waals surface area (Å²) in [4.78, 5) is 20.5. The van der Waals surface area contributed by atoms with Gasteiger partial charge in [-0.25, -0.2) is 0 Å². The van der Waals surface area contributed by atoms with Crippen LogP contribution in [0.25, 0.3) is 0 Å². The highest BCUT2D eigenvalue weighted by Crippen LogP contribution is 2.12. The van der Waals surface area contributed by atoms with Crippen LogP contribution in [-0.4, -0.2) is 87.2 Å². The summed E-state index contributed by atoms with van der Waals surface area (Å²) < 4.78 is 5.81. The van der Waals surface area contributed by atoms with Gasteiger partial charge in [0.25, 0.3) is 0 Å². The van der Waals surface area contributed by atoms with E-state index in [0.29, 0.717) is 18.5 Å². The van der Waals surface area contributed by atoms with E-state index in [1.54, 1.807) is 4.90 Å². The zero-order valence-corrected chi connectivity index (χ0v) is 21.0. The van der Waals surface area contributed by atoms with Crippen molar-refractivity contribution < 1.29 is 9.53 Å². The predicted molar refractivity (Wildman–Crippen MR) is 128 cm³/mol. The number of likely N-dealkylation sites (N-methyl/N-ethyl adjacent to an activating group) is 1. The quantitative estimate of drug-likeness (QED) is 0.267. The Bertz CT molecular complexity index is 452. The molecule has 1 unspecified atom stereocenters. The molecule has 28 heavy (non-hydrogen) atoms. The van der Waals surface area contributed by atoms with Crippen LogP contribution in [0.3, 0.4) is 0 Å². The molecule has 0 saturated carbocycles. The molecule has 0 aromatic rings. The lowest BCUT2D eigenvalue weighted by molar-refractivity contribution is -0.130. The van der Waals surface area contributed by atoms with Crippen LogP contribution in [0.15, 0.2) is 4.99 Å². The maximum Gasteiger partial charge on any atom is 0.236 e. The number of ether oxygens (including phenoxy) is 1. The Balaban J connectivity index is 0.00000729. The van der Waals surface area contributed by atoms with Crippen LogP contribution in [0.2, 0.25) is 0 Å². The molecule has 8 heteroatoms. The highest BCUT2D eigenvalue weighted by molar-refractivity contribution is 14.0. The zero-order chi connectivity index (χ0) is 20.2. The monoisotopic (exact) mass is 511 g/mol. The minimum absolute atomic E-state index is 0. The van der Waals surface area contributed by atoms with E-state index >= 15 is 0 Å². The average Bonchev–Trinajstić information content (AvgIpc) is 2.62. The molecule has 0 spiro atoms. The number of aliphatic imine (C=N–C) groups is 1. The first-order valence-corrected chi connectivity index (χ1v) is 10.5. The van der Waals surface area contributed by atoms with Crippen LogP contribution in [0, 0.1) is 5.92 Å². The smallest absolute Gasteiger partial charge is 0.236 e. The molecule has 166 valence electrons. The van der Waals surface area contributed by atoms with Crippen molar-refractivity contribution in [2.24, 2.45) is 10.9 Å². The van der Waals surface area contributed by atoms with Crippen LogP contribution < -0.4 is 10.6 Å². The molecule has 2 N–H and O–H groups in total. The van der Waals surface area contributed by atoms with Crippen molar-refractivity contribution in [3.05, 3.63) is 0 Å². The van der Waals surface area contributed by atoms with E-state index in [2.05, 4.69) is 36.3 Å². The lowest BCUT2D eigenvalue weighted by Gasteiger charge is -2.33. The van der Waals surface area contributed by atoms with Crippen LogP contribution in [-0.2, 0) is 9.53 Å². The number of carbonyl (C=O) groups excluding carboxylic acids is 1. The summed E-state index contributed by atoms with van der Waals surface area (Å²) in [5, 5.41) is 6.91. The first kappa shape index (κ1) is 27.4. The van der Waals surface area contributed by atoms with E-state index in [0.717, 1.165) is 58.0 Å². The first-order chi connectivity index (χ1) is 12.9. The van der Waals surface area contributed by atoms with E-state index in [-0.39, 0.29) is 36.0 Å². The van der Waals surface area contributed by atoms with Crippen molar-refractivity contribution in [2.75, 3.05) is 53.4 Å². The van der Waals surface area contributed by atoms with E-state index in [1.165, 1.54) is 0 Å². The van der Waals surface area contributed by atoms with Crippen LogP contribution in [0.1, 0.15) is 47.0 Å². The Hall–Kier alpha value is -0.610. The molecular weight excluding hydrogens is 469 g/mol. The molecule has 0 bridgehead atoms. The Morgan fingerprint density at radius 3 is 2.39 bits per heavy atom. The second-order valence-electron chi connectivity index (χ2n) is 7.77. The molecule has 1 atom stereocenters. The van der Waals surface area contributed by atoms with Crippen LogP contribution in [0.4, 0.5) is 0 Å². The van der Waals surface area contributed by atoms with Gasteiger partial charge in [0, 0.05) is 52.9 Å². The van der Waals surface area contributed by atoms with E-state index in [4.69, 9.17) is 9.73 Å². The van der Waals surface area contributed by atoms with Gasteiger partial charge in [-0.3, -0.25) is 14.7 Å². The standard InChI is InChI=1S/C20H41N5O2.HI/c1-7-21-20(22-12-9-18(16(3)4)27-8-2)23-17-10-13-25(14-11-17)15-19(26)24(5)6;/h16-18H,7-15H2,1-6H3,(H2,21,22,23);1H. The van der Waals surface area contributed by atoms with E-state index in [1.807, 2.05) is 21.0 Å². The summed E-state index contributed by atoms with van der Waals surface area (Å²) in [7, 11) is 3.62. The molecule has 7 nitrogen and oxygen atoms in total. The largest absolute Gasteiger partial charge is 0.378 e. The number of carbonyl (C=O) groups is 1. The number of hydrogen-bond donors (Lipinski definition) is 2. The van der Waals surface area contributed by atoms with Gasteiger partial charge >= 0.3 is 0 Å². The summed E-state index contributed by atoms with van der Waals surface area (Å²) in [5.41, 5.74) is 0. The van der Waals surface area contributed by atoms with Crippen LogP contribution in [0.5, 0.6) is 0 Å². The molecule has 0 aromatic carbocycles. The average molecular weight is 511 g/mol. The predicted octanol–water partition coefficient (Wildman–Crippen LogP) is 2.16. The SMILES string of the molecule is CCNC(=NCCC(OCC)C(C)C)NC1CCN(CC(=O)N(C)C)CC1.I. The third kappa shape index (κ3) is 10.8. The highest BCUT2D eigenvalue weighted by atomic mass is 127. The topological polar surface area (TPSA) is 69.2 Å². The lowest BCUT2D eigenvalue weighted by Crippen LogP contribution is -2.50. The Morgan fingerprint density at radius 1 is 1.25 bits per heavy atom. The highest BCUT2D eigenvalue weighted by Gasteiger charge is 2.22. The zero-order valence-electron chi connectivity index (χ0n) is 18.7. The van der Waals surface area contributed by atoms with Crippen molar-refractivity contribution in [2.45, 2.75) is 59.1 Å². The summed E-state index contributed by atoms with van der Waals surface area (Å²) in [6.07, 6.45) is 3.25. The Kier molecular flexibility index (Phi) is 14.9. The molecule has 0 aliphatic carbocycles. The minimum atomic E-state index is 0. The summed E-state index contributed by atoms with van der Waals surface area (Å²) in [6, 6.07) is 0.404. The maximum atomic E-state index is 11.9. The lowest BCUT2D eigenvalue weighted by atomic mass is 10.0. The molecule has 1 aliphatic heterocycles. The number of nitrogens with zero attached hydrogens (tertiary/aromatic N) is 3. The van der Waals surface area contributed by atoms with Gasteiger partial charge in [-0.05, 0) is 39.0 Å². The third-order valence-electron chi connectivity index (χ3n) is 4.94. The summed E-state index contributed by atoms with van der Waals surface area (Å²) in [6.45, 7) is 13.3. The molecule has 1 amide bonds. The summed E-state index contributed by atoms with van der Waals surface area (Å²) in [5.74, 6) is 1.56. The van der Waals surface area contributed by atoms with Gasteiger partial charge < -0.3 is 20.3 Å². The van der Waals surface area contributed by atoms with Crippen molar-refractivity contribution in [1.29, 1.82) is 0 Å².